The molecule has 4 aromatic carbocycles. The van der Waals surface area contributed by atoms with E-state index in [2.05, 4.69) is 102 Å². The molecule has 0 aliphatic heterocycles. The summed E-state index contributed by atoms with van der Waals surface area (Å²) in [7, 11) is 2.08. The van der Waals surface area contributed by atoms with Crippen LogP contribution in [0.1, 0.15) is 5.56 Å². The minimum absolute atomic E-state index is 0.857. The zero-order valence-corrected chi connectivity index (χ0v) is 15.8. The van der Waals surface area contributed by atoms with E-state index in [4.69, 9.17) is 4.42 Å². The Hall–Kier alpha value is -3.59. The largest absolute Gasteiger partial charge is 0.416 e. The molecule has 2 heterocycles. The maximum atomic E-state index is 6.24. The smallest absolute Gasteiger partial charge is 0.336 e. The zero-order valence-electron chi connectivity index (χ0n) is 15.8. The van der Waals surface area contributed by atoms with Crippen molar-refractivity contribution >= 4 is 38.4 Å². The highest BCUT2D eigenvalue weighted by Crippen LogP contribution is 2.33. The number of hydrogen-bond donors (Lipinski definition) is 0. The van der Waals surface area contributed by atoms with Crippen molar-refractivity contribution in [2.45, 2.75) is 6.92 Å². The monoisotopic (exact) mass is 363 g/mol. The summed E-state index contributed by atoms with van der Waals surface area (Å²) in [6.07, 6.45) is 2.06. The molecule has 0 aliphatic rings. The molecule has 0 radical (unpaired) electrons. The number of rotatable bonds is 1. The van der Waals surface area contributed by atoms with Crippen molar-refractivity contribution in [3.05, 3.63) is 84.6 Å². The van der Waals surface area contributed by atoms with E-state index >= 15 is 0 Å². The molecule has 0 aliphatic carbocycles. The summed E-state index contributed by atoms with van der Waals surface area (Å²) in [4.78, 5) is 0. The van der Waals surface area contributed by atoms with E-state index in [-0.39, 0.29) is 0 Å². The molecule has 0 unspecified atom stereocenters. The van der Waals surface area contributed by atoms with Crippen LogP contribution in [0, 0.1) is 6.92 Å². The summed E-state index contributed by atoms with van der Waals surface area (Å²) in [6.45, 7) is 2.15. The van der Waals surface area contributed by atoms with Crippen molar-refractivity contribution in [3.63, 3.8) is 0 Å². The minimum atomic E-state index is 0.857. The lowest BCUT2D eigenvalue weighted by Crippen LogP contribution is -2.28. The van der Waals surface area contributed by atoms with Gasteiger partial charge in [0.25, 0.3) is 5.82 Å². The van der Waals surface area contributed by atoms with Crippen molar-refractivity contribution in [2.24, 2.45) is 7.05 Å². The highest BCUT2D eigenvalue weighted by molar-refractivity contribution is 6.11. The average molecular weight is 363 g/mol. The number of benzene rings is 4. The van der Waals surface area contributed by atoms with Crippen LogP contribution >= 0.6 is 0 Å². The third-order valence-electron chi connectivity index (χ3n) is 5.74. The van der Waals surface area contributed by atoms with Gasteiger partial charge in [-0.05, 0) is 52.2 Å². The summed E-state index contributed by atoms with van der Waals surface area (Å²) in [5.74, 6) is 1.13. The van der Waals surface area contributed by atoms with Gasteiger partial charge in [0.1, 0.15) is 0 Å². The van der Waals surface area contributed by atoms with Crippen LogP contribution < -0.4 is 4.57 Å². The number of aryl methyl sites for hydroxylation is 2. The maximum Gasteiger partial charge on any atom is 0.336 e. The molecule has 0 bridgehead atoms. The fourth-order valence-corrected chi connectivity index (χ4v) is 4.38. The second kappa shape index (κ2) is 5.46. The molecule has 0 saturated heterocycles. The van der Waals surface area contributed by atoms with E-state index in [0.29, 0.717) is 0 Å². The third kappa shape index (κ3) is 2.01. The molecule has 6 aromatic rings. The Kier molecular flexibility index (Phi) is 3.01. The van der Waals surface area contributed by atoms with Crippen LogP contribution in [0.5, 0.6) is 0 Å². The van der Waals surface area contributed by atoms with E-state index in [1.807, 2.05) is 0 Å². The summed E-state index contributed by atoms with van der Waals surface area (Å²) in [5.41, 5.74) is 5.32. The Morgan fingerprint density at radius 3 is 2.50 bits per heavy atom. The first-order valence-corrected chi connectivity index (χ1v) is 9.52. The second-order valence-corrected chi connectivity index (χ2v) is 7.48. The van der Waals surface area contributed by atoms with Crippen LogP contribution in [0.3, 0.4) is 0 Å². The predicted octanol–water partition coefficient (Wildman–Crippen LogP) is 5.79. The van der Waals surface area contributed by atoms with Crippen molar-refractivity contribution in [1.29, 1.82) is 0 Å². The molecular weight excluding hydrogens is 344 g/mol. The molecule has 134 valence electrons. The van der Waals surface area contributed by atoms with Crippen LogP contribution in [0.4, 0.5) is 0 Å². The van der Waals surface area contributed by atoms with Crippen LogP contribution in [0.15, 0.2) is 83.4 Å². The van der Waals surface area contributed by atoms with Gasteiger partial charge in [0, 0.05) is 0 Å². The molecule has 0 amide bonds. The van der Waals surface area contributed by atoms with Crippen LogP contribution in [0.25, 0.3) is 49.7 Å². The van der Waals surface area contributed by atoms with Gasteiger partial charge in [-0.15, -0.1) is 0 Å². The van der Waals surface area contributed by atoms with Crippen LogP contribution in [0.2, 0.25) is 0 Å². The standard InChI is InChI=1S/C25H19N2O/c1-16-7-3-5-9-19(16)25-26(2)15-24-27(25)22-14-21-18(13-23(22)28-24)12-11-17-8-4-6-10-20(17)21/h3-15H,1-2H3/q+1. The van der Waals surface area contributed by atoms with Gasteiger partial charge in [0.15, 0.2) is 17.3 Å². The molecule has 2 aromatic heterocycles. The van der Waals surface area contributed by atoms with Gasteiger partial charge in [-0.25, -0.2) is 4.57 Å². The molecular formula is C25H19N2O+. The summed E-state index contributed by atoms with van der Waals surface area (Å²) < 4.78 is 10.6. The molecule has 0 atom stereocenters. The molecule has 0 saturated carbocycles. The summed E-state index contributed by atoms with van der Waals surface area (Å²) >= 11 is 0. The van der Waals surface area contributed by atoms with E-state index in [1.165, 1.54) is 32.7 Å². The lowest BCUT2D eigenvalue weighted by molar-refractivity contribution is -0.658. The fourth-order valence-electron chi connectivity index (χ4n) is 4.38. The molecule has 6 rings (SSSR count). The summed E-state index contributed by atoms with van der Waals surface area (Å²) in [6, 6.07) is 25.8. The zero-order chi connectivity index (χ0) is 18.8. The molecule has 0 N–H and O–H groups in total. The molecule has 28 heavy (non-hydrogen) atoms. The Balaban J connectivity index is 1.79. The van der Waals surface area contributed by atoms with Crippen LogP contribution in [-0.2, 0) is 7.05 Å². The SMILES string of the molecule is Cc1ccccc1-c1n2c(c[n+]1C)oc1cc3ccc4ccccc4c3cc12. The average Bonchev–Trinajstić information content (AvgIpc) is 3.20. The van der Waals surface area contributed by atoms with Gasteiger partial charge in [0.05, 0.1) is 12.6 Å². The Bertz CT molecular complexity index is 1530. The lowest BCUT2D eigenvalue weighted by Gasteiger charge is -2.04. The molecule has 0 spiro atoms. The fraction of sp³-hybridized carbons (Fsp3) is 0.0800. The lowest BCUT2D eigenvalue weighted by atomic mass is 10.0. The second-order valence-electron chi connectivity index (χ2n) is 7.48. The topological polar surface area (TPSA) is 21.4 Å². The highest BCUT2D eigenvalue weighted by Gasteiger charge is 2.25. The van der Waals surface area contributed by atoms with Gasteiger partial charge >= 0.3 is 5.71 Å². The van der Waals surface area contributed by atoms with E-state index in [0.717, 1.165) is 22.6 Å². The normalized spacial score (nSPS) is 11.9. The van der Waals surface area contributed by atoms with Crippen LogP contribution in [-0.4, -0.2) is 4.40 Å². The summed E-state index contributed by atoms with van der Waals surface area (Å²) in [5, 5.41) is 4.97. The number of fused-ring (bicyclic) bond motifs is 6. The van der Waals surface area contributed by atoms with Crippen molar-refractivity contribution < 1.29 is 8.98 Å². The number of oxazole rings is 1. The van der Waals surface area contributed by atoms with Crippen molar-refractivity contribution in [1.82, 2.24) is 4.40 Å². The van der Waals surface area contributed by atoms with E-state index in [1.54, 1.807) is 0 Å². The van der Waals surface area contributed by atoms with E-state index in [9.17, 15) is 0 Å². The van der Waals surface area contributed by atoms with Gasteiger partial charge < -0.3 is 4.42 Å². The third-order valence-corrected chi connectivity index (χ3v) is 5.74. The van der Waals surface area contributed by atoms with Gasteiger partial charge in [-0.3, -0.25) is 0 Å². The number of aromatic nitrogens is 2. The van der Waals surface area contributed by atoms with Crippen molar-refractivity contribution in [3.8, 4) is 11.4 Å². The number of imidazole rings is 1. The van der Waals surface area contributed by atoms with Gasteiger partial charge in [0.2, 0.25) is 0 Å². The first-order valence-electron chi connectivity index (χ1n) is 9.52. The Morgan fingerprint density at radius 2 is 1.61 bits per heavy atom. The predicted molar refractivity (Wildman–Crippen MR) is 114 cm³/mol. The molecule has 3 nitrogen and oxygen atoms in total. The first-order chi connectivity index (χ1) is 13.7. The quantitative estimate of drug-likeness (QED) is 0.267. The highest BCUT2D eigenvalue weighted by atomic mass is 16.3. The molecule has 3 heteroatoms. The Morgan fingerprint density at radius 1 is 0.821 bits per heavy atom. The van der Waals surface area contributed by atoms with Gasteiger partial charge in [-0.1, -0.05) is 54.6 Å². The minimum Gasteiger partial charge on any atom is -0.416 e. The Labute approximate surface area is 162 Å². The van der Waals surface area contributed by atoms with Gasteiger partial charge in [-0.2, -0.15) is 4.40 Å². The number of nitrogens with zero attached hydrogens (tertiary/aromatic N) is 2. The number of hydrogen-bond acceptors (Lipinski definition) is 1. The molecule has 0 fully saturated rings. The van der Waals surface area contributed by atoms with E-state index < -0.39 is 0 Å². The first kappa shape index (κ1) is 15.5. The maximum absolute atomic E-state index is 6.24. The van der Waals surface area contributed by atoms with Crippen molar-refractivity contribution in [2.75, 3.05) is 0 Å².